The Morgan fingerprint density at radius 3 is 2.50 bits per heavy atom. The molecule has 18 heavy (non-hydrogen) atoms. The van der Waals surface area contributed by atoms with Crippen molar-refractivity contribution in [3.8, 4) is 0 Å². The normalized spacial score (nSPS) is 12.5. The average Bonchev–Trinajstić information content (AvgIpc) is 2.38. The number of carbonyl (C=O) groups excluding carboxylic acids is 1. The van der Waals surface area contributed by atoms with Crippen molar-refractivity contribution in [2.75, 3.05) is 27.0 Å². The summed E-state index contributed by atoms with van der Waals surface area (Å²) in [7, 11) is 3.45. The van der Waals surface area contributed by atoms with Gasteiger partial charge in [-0.25, -0.2) is 0 Å². The van der Waals surface area contributed by atoms with Crippen molar-refractivity contribution < 1.29 is 9.53 Å². The molecule has 0 N–H and O–H groups in total. The van der Waals surface area contributed by atoms with Crippen LogP contribution in [0.25, 0.3) is 0 Å². The molecular formula is C14H21NO2S. The number of hydrogen-bond donors (Lipinski definition) is 0. The van der Waals surface area contributed by atoms with Crippen LogP contribution in [0.4, 0.5) is 0 Å². The van der Waals surface area contributed by atoms with Gasteiger partial charge < -0.3 is 9.64 Å². The van der Waals surface area contributed by atoms with E-state index in [2.05, 4.69) is 35.4 Å². The van der Waals surface area contributed by atoms with Gasteiger partial charge in [0.05, 0.1) is 13.0 Å². The number of carbonyl (C=O) groups is 1. The molecule has 0 fully saturated rings. The van der Waals surface area contributed by atoms with Crippen LogP contribution in [0.1, 0.15) is 12.5 Å². The molecule has 0 spiro atoms. The van der Waals surface area contributed by atoms with Crippen LogP contribution >= 0.6 is 11.8 Å². The molecule has 0 amide bonds. The lowest BCUT2D eigenvalue weighted by molar-refractivity contribution is -0.145. The smallest absolute Gasteiger partial charge is 0.309 e. The van der Waals surface area contributed by atoms with Crippen molar-refractivity contribution in [1.29, 1.82) is 0 Å². The van der Waals surface area contributed by atoms with Crippen LogP contribution in [0.5, 0.6) is 0 Å². The molecular weight excluding hydrogens is 246 g/mol. The summed E-state index contributed by atoms with van der Waals surface area (Å²) in [4.78, 5) is 14.7. The van der Waals surface area contributed by atoms with Gasteiger partial charge in [0.1, 0.15) is 0 Å². The molecule has 0 radical (unpaired) electrons. The maximum Gasteiger partial charge on any atom is 0.309 e. The number of benzene rings is 1. The number of rotatable bonds is 6. The van der Waals surface area contributed by atoms with E-state index in [1.54, 1.807) is 11.8 Å². The third kappa shape index (κ3) is 4.70. The second-order valence-corrected chi connectivity index (χ2v) is 5.35. The minimum absolute atomic E-state index is 0.0922. The third-order valence-electron chi connectivity index (χ3n) is 2.80. The number of methoxy groups -OCH3 is 1. The zero-order chi connectivity index (χ0) is 13.5. The molecule has 0 aliphatic carbocycles. The van der Waals surface area contributed by atoms with Gasteiger partial charge in [0.15, 0.2) is 0 Å². The van der Waals surface area contributed by atoms with Gasteiger partial charge in [-0.2, -0.15) is 0 Å². The number of thioether (sulfide) groups is 1. The highest BCUT2D eigenvalue weighted by Gasteiger charge is 2.15. The first-order valence-corrected chi connectivity index (χ1v) is 7.18. The lowest BCUT2D eigenvalue weighted by Gasteiger charge is -2.20. The summed E-state index contributed by atoms with van der Waals surface area (Å²) >= 11 is 1.74. The van der Waals surface area contributed by atoms with Crippen LogP contribution in [0.3, 0.4) is 0 Å². The quantitative estimate of drug-likeness (QED) is 0.585. The van der Waals surface area contributed by atoms with Crippen molar-refractivity contribution in [3.63, 3.8) is 0 Å². The van der Waals surface area contributed by atoms with Crippen molar-refractivity contribution >= 4 is 17.7 Å². The fraction of sp³-hybridized carbons (Fsp3) is 0.500. The molecule has 1 rings (SSSR count). The van der Waals surface area contributed by atoms with E-state index >= 15 is 0 Å². The monoisotopic (exact) mass is 267 g/mol. The minimum atomic E-state index is -0.153. The molecule has 0 saturated heterocycles. The van der Waals surface area contributed by atoms with Gasteiger partial charge >= 0.3 is 5.97 Å². The first-order chi connectivity index (χ1) is 8.56. The Morgan fingerprint density at radius 1 is 1.39 bits per heavy atom. The summed E-state index contributed by atoms with van der Waals surface area (Å²) in [6.07, 6.45) is 2.07. The van der Waals surface area contributed by atoms with E-state index in [-0.39, 0.29) is 11.9 Å². The lowest BCUT2D eigenvalue weighted by atomic mass is 10.1. The van der Waals surface area contributed by atoms with Gasteiger partial charge in [-0.1, -0.05) is 19.1 Å². The molecule has 3 nitrogen and oxygen atoms in total. The topological polar surface area (TPSA) is 29.5 Å². The average molecular weight is 267 g/mol. The molecule has 0 heterocycles. The predicted molar refractivity (Wildman–Crippen MR) is 75.7 cm³/mol. The number of esters is 1. The van der Waals surface area contributed by atoms with E-state index in [9.17, 15) is 4.79 Å². The fourth-order valence-electron chi connectivity index (χ4n) is 1.85. The second-order valence-electron chi connectivity index (χ2n) is 4.47. The highest BCUT2D eigenvalue weighted by Crippen LogP contribution is 2.15. The summed E-state index contributed by atoms with van der Waals surface area (Å²) < 4.78 is 4.73. The predicted octanol–water partition coefficient (Wildman–Crippen LogP) is 2.65. The van der Waals surface area contributed by atoms with E-state index in [1.165, 1.54) is 17.6 Å². The molecule has 0 aliphatic rings. The Labute approximate surface area is 114 Å². The van der Waals surface area contributed by atoms with Crippen LogP contribution in [-0.2, 0) is 16.1 Å². The van der Waals surface area contributed by atoms with Crippen LogP contribution in [0.15, 0.2) is 29.2 Å². The van der Waals surface area contributed by atoms with E-state index in [1.807, 2.05) is 14.0 Å². The van der Waals surface area contributed by atoms with E-state index < -0.39 is 0 Å². The lowest BCUT2D eigenvalue weighted by Crippen LogP contribution is -2.29. The van der Waals surface area contributed by atoms with Gasteiger partial charge in [-0.15, -0.1) is 11.8 Å². The second kappa shape index (κ2) is 7.44. The van der Waals surface area contributed by atoms with E-state index in [0.717, 1.165) is 6.54 Å². The van der Waals surface area contributed by atoms with Crippen LogP contribution in [-0.4, -0.2) is 37.8 Å². The Morgan fingerprint density at radius 2 is 2.00 bits per heavy atom. The molecule has 0 saturated carbocycles. The van der Waals surface area contributed by atoms with Gasteiger partial charge in [-0.05, 0) is 31.0 Å². The number of ether oxygens (including phenoxy) is 1. The molecule has 4 heteroatoms. The maximum absolute atomic E-state index is 11.3. The highest BCUT2D eigenvalue weighted by atomic mass is 32.2. The summed E-state index contributed by atoms with van der Waals surface area (Å²) in [6.45, 7) is 3.44. The largest absolute Gasteiger partial charge is 0.469 e. The molecule has 1 aromatic rings. The highest BCUT2D eigenvalue weighted by molar-refractivity contribution is 7.98. The Bertz CT molecular complexity index is 378. The standard InChI is InChI=1S/C14H21NO2S/c1-11(14(16)17-3)9-15(2)10-12-5-7-13(18-4)8-6-12/h5-8,11H,9-10H2,1-4H3. The van der Waals surface area contributed by atoms with Crippen molar-refractivity contribution in [1.82, 2.24) is 4.90 Å². The molecule has 1 unspecified atom stereocenters. The first-order valence-electron chi connectivity index (χ1n) is 5.96. The van der Waals surface area contributed by atoms with E-state index in [0.29, 0.717) is 6.54 Å². The molecule has 100 valence electrons. The molecule has 0 bridgehead atoms. The van der Waals surface area contributed by atoms with Gasteiger partial charge in [0.2, 0.25) is 0 Å². The van der Waals surface area contributed by atoms with Crippen molar-refractivity contribution in [2.24, 2.45) is 5.92 Å². The Hall–Kier alpha value is -1.00. The zero-order valence-corrected chi connectivity index (χ0v) is 12.3. The summed E-state index contributed by atoms with van der Waals surface area (Å²) in [5.41, 5.74) is 1.26. The van der Waals surface area contributed by atoms with Gasteiger partial charge in [0.25, 0.3) is 0 Å². The first kappa shape index (κ1) is 15.1. The molecule has 1 aromatic carbocycles. The number of hydrogen-bond acceptors (Lipinski definition) is 4. The van der Waals surface area contributed by atoms with Crippen molar-refractivity contribution in [2.45, 2.75) is 18.4 Å². The fourth-order valence-corrected chi connectivity index (χ4v) is 2.26. The SMILES string of the molecule is COC(=O)C(C)CN(C)Cc1ccc(SC)cc1. The van der Waals surface area contributed by atoms with Crippen molar-refractivity contribution in [3.05, 3.63) is 29.8 Å². The summed E-state index contributed by atoms with van der Waals surface area (Å²) in [5.74, 6) is -0.245. The maximum atomic E-state index is 11.3. The summed E-state index contributed by atoms with van der Waals surface area (Å²) in [6, 6.07) is 8.51. The third-order valence-corrected chi connectivity index (χ3v) is 3.54. The Balaban J connectivity index is 2.48. The van der Waals surface area contributed by atoms with Crippen LogP contribution < -0.4 is 0 Å². The molecule has 1 atom stereocenters. The van der Waals surface area contributed by atoms with E-state index in [4.69, 9.17) is 4.74 Å². The summed E-state index contributed by atoms with van der Waals surface area (Å²) in [5, 5.41) is 0. The zero-order valence-electron chi connectivity index (χ0n) is 11.5. The molecule has 0 aromatic heterocycles. The van der Waals surface area contributed by atoms with Crippen LogP contribution in [0, 0.1) is 5.92 Å². The number of nitrogens with zero attached hydrogens (tertiary/aromatic N) is 1. The van der Waals surface area contributed by atoms with Gasteiger partial charge in [0, 0.05) is 18.0 Å². The Kier molecular flexibility index (Phi) is 6.22. The van der Waals surface area contributed by atoms with Gasteiger partial charge in [-0.3, -0.25) is 4.79 Å². The minimum Gasteiger partial charge on any atom is -0.469 e. The van der Waals surface area contributed by atoms with Crippen LogP contribution in [0.2, 0.25) is 0 Å². The molecule has 0 aliphatic heterocycles.